The van der Waals surface area contributed by atoms with E-state index in [4.69, 9.17) is 0 Å². The van der Waals surface area contributed by atoms with E-state index < -0.39 is 4.92 Å². The number of rotatable bonds is 7. The molecule has 0 amide bonds. The van der Waals surface area contributed by atoms with E-state index in [-0.39, 0.29) is 11.7 Å². The number of hydrogen-bond donors (Lipinski definition) is 2. The lowest BCUT2D eigenvalue weighted by Crippen LogP contribution is -2.14. The normalized spacial score (nSPS) is 10.6. The molecule has 2 aromatic heterocycles. The number of pyridine rings is 1. The van der Waals surface area contributed by atoms with Gasteiger partial charge in [0.05, 0.1) is 10.6 Å². The van der Waals surface area contributed by atoms with Crippen LogP contribution in [0.2, 0.25) is 0 Å². The summed E-state index contributed by atoms with van der Waals surface area (Å²) in [5.41, 5.74) is 2.55. The largest absolute Gasteiger partial charge is 0.366 e. The molecule has 3 rings (SSSR count). The molecule has 8 nitrogen and oxygen atoms in total. The first-order chi connectivity index (χ1) is 13.0. The van der Waals surface area contributed by atoms with Gasteiger partial charge in [0.25, 0.3) is 5.69 Å². The average molecular weight is 364 g/mol. The maximum atomic E-state index is 10.9. The van der Waals surface area contributed by atoms with Gasteiger partial charge in [0.15, 0.2) is 0 Å². The highest BCUT2D eigenvalue weighted by Crippen LogP contribution is 2.22. The van der Waals surface area contributed by atoms with Gasteiger partial charge in [0, 0.05) is 48.7 Å². The smallest absolute Gasteiger partial charge is 0.269 e. The summed E-state index contributed by atoms with van der Waals surface area (Å²) in [6.45, 7) is 4.44. The summed E-state index contributed by atoms with van der Waals surface area (Å²) in [7, 11) is 0. The molecule has 0 saturated heterocycles. The first kappa shape index (κ1) is 18.2. The molecule has 27 heavy (non-hydrogen) atoms. The fourth-order valence-electron chi connectivity index (χ4n) is 2.50. The number of nitrogens with zero attached hydrogens (tertiary/aromatic N) is 4. The second-order valence-electron chi connectivity index (χ2n) is 6.28. The zero-order valence-electron chi connectivity index (χ0n) is 15.1. The Balaban J connectivity index is 1.85. The van der Waals surface area contributed by atoms with E-state index in [0.29, 0.717) is 18.3 Å². The van der Waals surface area contributed by atoms with Gasteiger partial charge in [-0.3, -0.25) is 15.1 Å². The van der Waals surface area contributed by atoms with Crippen LogP contribution in [0.1, 0.15) is 19.4 Å². The standard InChI is InChI=1S/C19H20N6O2/c1-13(2)22-19-23-17(15-6-8-20-9-7-15)11-18(24-19)21-12-14-4-3-5-16(10-14)25(26)27/h3-11,13H,12H2,1-2H3,(H2,21,22,23,24). The molecule has 0 bridgehead atoms. The Morgan fingerprint density at radius 2 is 1.89 bits per heavy atom. The molecular weight excluding hydrogens is 344 g/mol. The van der Waals surface area contributed by atoms with Crippen LogP contribution in [0.4, 0.5) is 17.5 Å². The van der Waals surface area contributed by atoms with Gasteiger partial charge >= 0.3 is 0 Å². The number of nitrogens with one attached hydrogen (secondary N) is 2. The minimum Gasteiger partial charge on any atom is -0.366 e. The van der Waals surface area contributed by atoms with E-state index in [1.807, 2.05) is 38.1 Å². The minimum absolute atomic E-state index is 0.0663. The van der Waals surface area contributed by atoms with E-state index in [1.165, 1.54) is 6.07 Å². The maximum Gasteiger partial charge on any atom is 0.269 e. The summed E-state index contributed by atoms with van der Waals surface area (Å²) < 4.78 is 0. The van der Waals surface area contributed by atoms with Crippen LogP contribution in [0, 0.1) is 10.1 Å². The van der Waals surface area contributed by atoms with Crippen molar-refractivity contribution >= 4 is 17.5 Å². The summed E-state index contributed by atoms with van der Waals surface area (Å²) in [6, 6.07) is 12.3. The minimum atomic E-state index is -0.402. The van der Waals surface area contributed by atoms with Gasteiger partial charge in [-0.2, -0.15) is 4.98 Å². The third-order valence-corrected chi connectivity index (χ3v) is 3.72. The number of benzene rings is 1. The third-order valence-electron chi connectivity index (χ3n) is 3.72. The van der Waals surface area contributed by atoms with Crippen LogP contribution in [0.3, 0.4) is 0 Å². The van der Waals surface area contributed by atoms with Crippen LogP contribution in [0.5, 0.6) is 0 Å². The molecule has 0 unspecified atom stereocenters. The zero-order valence-corrected chi connectivity index (χ0v) is 15.1. The topological polar surface area (TPSA) is 106 Å². The molecule has 2 N–H and O–H groups in total. The molecule has 0 aliphatic heterocycles. The molecule has 0 fully saturated rings. The molecule has 0 aliphatic carbocycles. The first-order valence-electron chi connectivity index (χ1n) is 8.54. The molecule has 0 spiro atoms. The van der Waals surface area contributed by atoms with Gasteiger partial charge in [-0.25, -0.2) is 4.98 Å². The first-order valence-corrected chi connectivity index (χ1v) is 8.54. The van der Waals surface area contributed by atoms with Crippen LogP contribution < -0.4 is 10.6 Å². The number of non-ortho nitro benzene ring substituents is 1. The number of hydrogen-bond acceptors (Lipinski definition) is 7. The van der Waals surface area contributed by atoms with Crippen molar-refractivity contribution in [1.29, 1.82) is 0 Å². The molecule has 138 valence electrons. The highest BCUT2D eigenvalue weighted by Gasteiger charge is 2.09. The van der Waals surface area contributed by atoms with Crippen LogP contribution >= 0.6 is 0 Å². The Hall–Kier alpha value is -3.55. The summed E-state index contributed by atoms with van der Waals surface area (Å²) in [5, 5.41) is 17.4. The van der Waals surface area contributed by atoms with E-state index in [0.717, 1.165) is 16.8 Å². The van der Waals surface area contributed by atoms with Crippen molar-refractivity contribution in [3.63, 3.8) is 0 Å². The SMILES string of the molecule is CC(C)Nc1nc(NCc2cccc([N+](=O)[O-])c2)cc(-c2ccncc2)n1. The van der Waals surface area contributed by atoms with Crippen LogP contribution in [-0.4, -0.2) is 25.9 Å². The Morgan fingerprint density at radius 3 is 2.59 bits per heavy atom. The lowest BCUT2D eigenvalue weighted by molar-refractivity contribution is -0.384. The highest BCUT2D eigenvalue weighted by atomic mass is 16.6. The van der Waals surface area contributed by atoms with Crippen molar-refractivity contribution < 1.29 is 4.92 Å². The van der Waals surface area contributed by atoms with Gasteiger partial charge in [-0.05, 0) is 31.5 Å². The Morgan fingerprint density at radius 1 is 1.11 bits per heavy atom. The third kappa shape index (κ3) is 4.97. The number of anilines is 2. The zero-order chi connectivity index (χ0) is 19.2. The average Bonchev–Trinajstić information content (AvgIpc) is 2.66. The van der Waals surface area contributed by atoms with Crippen molar-refractivity contribution in [2.45, 2.75) is 26.4 Å². The van der Waals surface area contributed by atoms with Crippen molar-refractivity contribution in [3.05, 3.63) is 70.5 Å². The summed E-state index contributed by atoms with van der Waals surface area (Å²) in [6.07, 6.45) is 3.42. The quantitative estimate of drug-likeness (QED) is 0.484. The molecule has 2 heterocycles. The maximum absolute atomic E-state index is 10.9. The number of nitro groups is 1. The van der Waals surface area contributed by atoms with E-state index in [9.17, 15) is 10.1 Å². The van der Waals surface area contributed by atoms with Crippen molar-refractivity contribution in [3.8, 4) is 11.3 Å². The monoisotopic (exact) mass is 364 g/mol. The van der Waals surface area contributed by atoms with Gasteiger partial charge < -0.3 is 10.6 Å². The van der Waals surface area contributed by atoms with Crippen LogP contribution in [0.15, 0.2) is 54.9 Å². The Kier molecular flexibility index (Phi) is 5.55. The number of nitro benzene ring substituents is 1. The molecule has 0 atom stereocenters. The van der Waals surface area contributed by atoms with Crippen LogP contribution in [0.25, 0.3) is 11.3 Å². The number of aromatic nitrogens is 3. The molecule has 3 aromatic rings. The molecule has 8 heteroatoms. The van der Waals surface area contributed by atoms with Crippen molar-refractivity contribution in [2.24, 2.45) is 0 Å². The van der Waals surface area contributed by atoms with E-state index in [2.05, 4.69) is 25.6 Å². The molecule has 0 aliphatic rings. The van der Waals surface area contributed by atoms with Gasteiger partial charge in [-0.15, -0.1) is 0 Å². The van der Waals surface area contributed by atoms with Crippen molar-refractivity contribution in [1.82, 2.24) is 15.0 Å². The van der Waals surface area contributed by atoms with Gasteiger partial charge in [0.1, 0.15) is 5.82 Å². The predicted molar refractivity (Wildman–Crippen MR) is 104 cm³/mol. The van der Waals surface area contributed by atoms with Gasteiger partial charge in [-0.1, -0.05) is 12.1 Å². The Bertz CT molecular complexity index is 930. The summed E-state index contributed by atoms with van der Waals surface area (Å²) in [5.74, 6) is 1.15. The molecule has 0 radical (unpaired) electrons. The highest BCUT2D eigenvalue weighted by molar-refractivity contribution is 5.64. The molecule has 1 aromatic carbocycles. The fraction of sp³-hybridized carbons (Fsp3) is 0.211. The lowest BCUT2D eigenvalue weighted by atomic mass is 10.2. The van der Waals surface area contributed by atoms with E-state index in [1.54, 1.807) is 24.5 Å². The van der Waals surface area contributed by atoms with Gasteiger partial charge in [0.2, 0.25) is 5.95 Å². The Labute approximate surface area is 156 Å². The predicted octanol–water partition coefficient (Wildman–Crippen LogP) is 3.88. The fourth-order valence-corrected chi connectivity index (χ4v) is 2.50. The molecule has 0 saturated carbocycles. The lowest BCUT2D eigenvalue weighted by Gasteiger charge is -2.13. The summed E-state index contributed by atoms with van der Waals surface area (Å²) in [4.78, 5) is 23.6. The second kappa shape index (κ2) is 8.22. The van der Waals surface area contributed by atoms with Crippen LogP contribution in [-0.2, 0) is 6.54 Å². The van der Waals surface area contributed by atoms with Crippen molar-refractivity contribution in [2.75, 3.05) is 10.6 Å². The molecular formula is C19H20N6O2. The summed E-state index contributed by atoms with van der Waals surface area (Å²) >= 11 is 0. The van der Waals surface area contributed by atoms with E-state index >= 15 is 0 Å². The second-order valence-corrected chi connectivity index (χ2v) is 6.28.